The first kappa shape index (κ1) is 35.0. The number of nitrogens with one attached hydrogen (secondary N) is 1. The van der Waals surface area contributed by atoms with E-state index in [0.29, 0.717) is 88.5 Å². The Kier molecular flexibility index (Phi) is 12.1. The molecule has 4 aliphatic heterocycles. The van der Waals surface area contributed by atoms with E-state index in [-0.39, 0.29) is 18.9 Å². The number of anilines is 1. The number of rotatable bonds is 2. The lowest BCUT2D eigenvalue weighted by molar-refractivity contribution is -0.165. The van der Waals surface area contributed by atoms with Gasteiger partial charge in [-0.3, -0.25) is 19.0 Å². The standard InChI is InChI=1S/C15H15BrN2O3.C8H13NO3.C7H6BrNO2.CH4/c16-10-1-2-11-12(9-10)17-13-3-4-15(20-7-8-21-15)5-6-18(13)14(11)19;10-7-1-2-8(3-4-9-7)11-5-6-12-8;8-5-1-2-7(11-4-10)6(9)3-5;/h1-2,9H,3-8H2;1-6H2,(H,9,10);1-4H,9H2;1H4. The molecule has 2 spiro atoms. The smallest absolute Gasteiger partial charge is 0.298 e. The second kappa shape index (κ2) is 15.6. The molecular formula is C31H38Br2N4O8. The van der Waals surface area contributed by atoms with Gasteiger partial charge in [-0.1, -0.05) is 39.3 Å². The van der Waals surface area contributed by atoms with E-state index in [1.165, 1.54) is 0 Å². The molecule has 3 saturated heterocycles. The number of benzene rings is 2. The van der Waals surface area contributed by atoms with Gasteiger partial charge >= 0.3 is 0 Å². The summed E-state index contributed by atoms with van der Waals surface area (Å²) in [5.41, 5.74) is 6.70. The molecule has 244 valence electrons. The summed E-state index contributed by atoms with van der Waals surface area (Å²) < 4.78 is 30.7. The van der Waals surface area contributed by atoms with Crippen LogP contribution in [0.1, 0.15) is 45.4 Å². The third-order valence-electron chi connectivity index (χ3n) is 7.78. The Bertz CT molecular complexity index is 1550. The fraction of sp³-hybridized carbons (Fsp3) is 0.484. The minimum absolute atomic E-state index is 0. The molecule has 0 bridgehead atoms. The SMILES string of the molecule is C.Nc1cc(Br)ccc1OC=O.O=C1CCC2(CCN1)OCCO2.O=c1c2ccc(Br)cc2nc2n1CCC1(CC2)OCCO1. The first-order valence-corrected chi connectivity index (χ1v) is 16.0. The predicted octanol–water partition coefficient (Wildman–Crippen LogP) is 4.47. The molecule has 4 aliphatic rings. The van der Waals surface area contributed by atoms with Gasteiger partial charge in [-0.05, 0) is 36.4 Å². The summed E-state index contributed by atoms with van der Waals surface area (Å²) in [5, 5.41) is 3.46. The van der Waals surface area contributed by atoms with Crippen LogP contribution in [0.2, 0.25) is 0 Å². The average molecular weight is 754 g/mol. The Hall–Kier alpha value is -2.88. The van der Waals surface area contributed by atoms with Gasteiger partial charge in [0.25, 0.3) is 12.0 Å². The van der Waals surface area contributed by atoms with Crippen molar-refractivity contribution < 1.29 is 33.3 Å². The first-order valence-electron chi connectivity index (χ1n) is 14.4. The lowest BCUT2D eigenvalue weighted by atomic mass is 10.1. The van der Waals surface area contributed by atoms with Gasteiger partial charge in [0, 0.05) is 60.6 Å². The van der Waals surface area contributed by atoms with Crippen molar-refractivity contribution in [3.05, 3.63) is 61.5 Å². The van der Waals surface area contributed by atoms with Crippen LogP contribution in [0.25, 0.3) is 10.9 Å². The number of carbonyl (C=O) groups is 2. The van der Waals surface area contributed by atoms with Crippen LogP contribution in [0.5, 0.6) is 5.75 Å². The molecule has 2 aromatic carbocycles. The molecule has 1 amide bonds. The Balaban J connectivity index is 0.000000165. The molecule has 3 fully saturated rings. The number of hydrogen-bond acceptors (Lipinski definition) is 10. The first-order chi connectivity index (χ1) is 21.2. The summed E-state index contributed by atoms with van der Waals surface area (Å²) in [6.07, 6.45) is 4.12. The number of hydrogen-bond donors (Lipinski definition) is 2. The van der Waals surface area contributed by atoms with Crippen LogP contribution in [0.4, 0.5) is 5.69 Å². The summed E-state index contributed by atoms with van der Waals surface area (Å²) in [4.78, 5) is 38.3. The zero-order chi connectivity index (χ0) is 31.2. The zero-order valence-corrected chi connectivity index (χ0v) is 27.2. The van der Waals surface area contributed by atoms with Crippen molar-refractivity contribution in [2.24, 2.45) is 0 Å². The highest BCUT2D eigenvalue weighted by atomic mass is 79.9. The molecule has 1 aromatic heterocycles. The zero-order valence-electron chi connectivity index (χ0n) is 24.0. The van der Waals surface area contributed by atoms with Gasteiger partial charge in [0.1, 0.15) is 5.82 Å². The van der Waals surface area contributed by atoms with Crippen molar-refractivity contribution in [1.29, 1.82) is 0 Å². The number of amides is 1. The minimum atomic E-state index is -0.521. The number of nitrogens with two attached hydrogens (primary N) is 1. The van der Waals surface area contributed by atoms with E-state index in [1.54, 1.807) is 22.8 Å². The lowest BCUT2D eigenvalue weighted by Gasteiger charge is -2.24. The third-order valence-corrected chi connectivity index (χ3v) is 8.76. The van der Waals surface area contributed by atoms with E-state index in [4.69, 9.17) is 24.7 Å². The van der Waals surface area contributed by atoms with Crippen LogP contribution in [-0.4, -0.2) is 66.5 Å². The number of nitrogens with zero attached hydrogens (tertiary/aromatic N) is 2. The van der Waals surface area contributed by atoms with Crippen molar-refractivity contribution >= 4 is 60.8 Å². The number of halogens is 2. The second-order valence-electron chi connectivity index (χ2n) is 10.6. The highest BCUT2D eigenvalue weighted by Gasteiger charge is 2.39. The third kappa shape index (κ3) is 8.69. The van der Waals surface area contributed by atoms with Gasteiger partial charge in [-0.25, -0.2) is 4.98 Å². The lowest BCUT2D eigenvalue weighted by Crippen LogP contribution is -2.31. The molecule has 45 heavy (non-hydrogen) atoms. The molecule has 3 N–H and O–H groups in total. The topological polar surface area (TPSA) is 153 Å². The summed E-state index contributed by atoms with van der Waals surface area (Å²) in [6, 6.07) is 10.6. The maximum Gasteiger partial charge on any atom is 0.298 e. The van der Waals surface area contributed by atoms with Gasteiger partial charge in [-0.15, -0.1) is 0 Å². The van der Waals surface area contributed by atoms with Crippen LogP contribution in [0.15, 0.2) is 50.1 Å². The molecule has 0 saturated carbocycles. The highest BCUT2D eigenvalue weighted by molar-refractivity contribution is 9.10. The van der Waals surface area contributed by atoms with Gasteiger partial charge < -0.3 is 34.7 Å². The fourth-order valence-electron chi connectivity index (χ4n) is 5.53. The minimum Gasteiger partial charge on any atom is -0.427 e. The highest BCUT2D eigenvalue weighted by Crippen LogP contribution is 2.32. The molecule has 14 heteroatoms. The number of ether oxygens (including phenoxy) is 5. The maximum atomic E-state index is 12.7. The van der Waals surface area contributed by atoms with Crippen molar-refractivity contribution in [2.45, 2.75) is 64.1 Å². The van der Waals surface area contributed by atoms with Gasteiger partial charge in [0.05, 0.1) is 43.0 Å². The van der Waals surface area contributed by atoms with Gasteiger partial charge in [0.2, 0.25) is 5.91 Å². The van der Waals surface area contributed by atoms with Crippen molar-refractivity contribution in [2.75, 3.05) is 38.7 Å². The normalized spacial score (nSPS) is 19.5. The number of aryl methyl sites for hydroxylation is 1. The Morgan fingerprint density at radius 3 is 2.18 bits per heavy atom. The van der Waals surface area contributed by atoms with Gasteiger partial charge in [0.15, 0.2) is 17.3 Å². The quantitative estimate of drug-likeness (QED) is 0.283. The number of nitrogen functional groups attached to an aromatic ring is 1. The Morgan fingerprint density at radius 2 is 1.51 bits per heavy atom. The molecule has 5 heterocycles. The van der Waals surface area contributed by atoms with E-state index in [2.05, 4.69) is 46.9 Å². The van der Waals surface area contributed by atoms with E-state index in [0.717, 1.165) is 33.1 Å². The molecule has 12 nitrogen and oxygen atoms in total. The van der Waals surface area contributed by atoms with Crippen molar-refractivity contribution in [1.82, 2.24) is 14.9 Å². The van der Waals surface area contributed by atoms with Gasteiger partial charge in [-0.2, -0.15) is 0 Å². The molecule has 0 unspecified atom stereocenters. The summed E-state index contributed by atoms with van der Waals surface area (Å²) >= 11 is 6.65. The molecule has 0 aliphatic carbocycles. The molecule has 7 rings (SSSR count). The molecule has 3 aromatic rings. The molecular weight excluding hydrogens is 716 g/mol. The van der Waals surface area contributed by atoms with E-state index < -0.39 is 11.6 Å². The average Bonchev–Trinajstić information content (AvgIpc) is 3.58. The second-order valence-corrected chi connectivity index (χ2v) is 12.4. The van der Waals surface area contributed by atoms with E-state index in [1.807, 2.05) is 18.2 Å². The summed E-state index contributed by atoms with van der Waals surface area (Å²) in [7, 11) is 0. The largest absolute Gasteiger partial charge is 0.427 e. The van der Waals surface area contributed by atoms with Crippen LogP contribution in [0, 0.1) is 0 Å². The van der Waals surface area contributed by atoms with Crippen LogP contribution < -0.4 is 21.3 Å². The van der Waals surface area contributed by atoms with Crippen molar-refractivity contribution in [3.63, 3.8) is 0 Å². The maximum absolute atomic E-state index is 12.7. The Morgan fingerprint density at radius 1 is 0.889 bits per heavy atom. The summed E-state index contributed by atoms with van der Waals surface area (Å²) in [5.74, 6) is 0.335. The summed E-state index contributed by atoms with van der Waals surface area (Å²) in [6.45, 7) is 4.19. The van der Waals surface area contributed by atoms with Crippen molar-refractivity contribution in [3.8, 4) is 5.75 Å². The predicted molar refractivity (Wildman–Crippen MR) is 175 cm³/mol. The molecule has 0 atom stereocenters. The van der Waals surface area contributed by atoms with E-state index in [9.17, 15) is 14.4 Å². The number of carbonyl (C=O) groups excluding carboxylic acids is 2. The van der Waals surface area contributed by atoms with Crippen LogP contribution >= 0.6 is 31.9 Å². The fourth-order valence-corrected chi connectivity index (χ4v) is 6.26. The molecule has 0 radical (unpaired) electrons. The number of fused-ring (bicyclic) bond motifs is 2. The Labute approximate surface area is 278 Å². The van der Waals surface area contributed by atoms with Crippen LogP contribution in [-0.2, 0) is 41.5 Å². The number of aromatic nitrogens is 2. The monoisotopic (exact) mass is 752 g/mol. The van der Waals surface area contributed by atoms with E-state index >= 15 is 0 Å². The van der Waals surface area contributed by atoms with Crippen LogP contribution in [0.3, 0.4) is 0 Å².